The number of aryl methyl sites for hydroxylation is 2. The van der Waals surface area contributed by atoms with Crippen molar-refractivity contribution in [3.63, 3.8) is 0 Å². The second-order valence-electron chi connectivity index (χ2n) is 4.46. The maximum absolute atomic E-state index is 12.2. The van der Waals surface area contributed by atoms with Crippen molar-refractivity contribution in [2.75, 3.05) is 13.2 Å². The Hall–Kier alpha value is -1.22. The van der Waals surface area contributed by atoms with E-state index < -0.39 is 0 Å². The van der Waals surface area contributed by atoms with Crippen molar-refractivity contribution >= 4 is 5.78 Å². The molecule has 0 N–H and O–H groups in total. The zero-order valence-corrected chi connectivity index (χ0v) is 9.82. The summed E-state index contributed by atoms with van der Waals surface area (Å²) in [6.07, 6.45) is 3.65. The molecular formula is C13H17NO2. The molecule has 0 bridgehead atoms. The van der Waals surface area contributed by atoms with Gasteiger partial charge >= 0.3 is 0 Å². The molecule has 1 aliphatic heterocycles. The summed E-state index contributed by atoms with van der Waals surface area (Å²) < 4.78 is 5.34. The number of hydrogen-bond donors (Lipinski definition) is 0. The molecule has 0 saturated carbocycles. The number of pyridine rings is 1. The van der Waals surface area contributed by atoms with Crippen LogP contribution in [0.1, 0.15) is 34.5 Å². The summed E-state index contributed by atoms with van der Waals surface area (Å²) in [6, 6.07) is 2.00. The number of ether oxygens (including phenoxy) is 1. The Balaban J connectivity index is 2.19. The van der Waals surface area contributed by atoms with Gasteiger partial charge in [0.2, 0.25) is 0 Å². The Morgan fingerprint density at radius 2 is 2.31 bits per heavy atom. The van der Waals surface area contributed by atoms with E-state index in [1.165, 1.54) is 0 Å². The van der Waals surface area contributed by atoms with Gasteiger partial charge in [-0.15, -0.1) is 0 Å². The molecule has 2 heterocycles. The molecule has 0 spiro atoms. The molecule has 1 unspecified atom stereocenters. The molecular weight excluding hydrogens is 202 g/mol. The van der Waals surface area contributed by atoms with E-state index in [-0.39, 0.29) is 11.7 Å². The van der Waals surface area contributed by atoms with Crippen LogP contribution in [0, 0.1) is 19.8 Å². The molecule has 0 aliphatic carbocycles. The Morgan fingerprint density at radius 3 is 2.94 bits per heavy atom. The lowest BCUT2D eigenvalue weighted by Gasteiger charge is -2.21. The first-order chi connectivity index (χ1) is 7.68. The van der Waals surface area contributed by atoms with Gasteiger partial charge in [-0.1, -0.05) is 6.07 Å². The standard InChI is InChI=1S/C13H17NO2/c1-9-6-10(2)12(14-7-9)13(15)11-4-3-5-16-8-11/h6-7,11H,3-5,8H2,1-2H3. The van der Waals surface area contributed by atoms with Crippen LogP contribution < -0.4 is 0 Å². The highest BCUT2D eigenvalue weighted by atomic mass is 16.5. The number of aromatic nitrogens is 1. The van der Waals surface area contributed by atoms with Crippen molar-refractivity contribution in [3.8, 4) is 0 Å². The van der Waals surface area contributed by atoms with Crippen LogP contribution in [0.5, 0.6) is 0 Å². The first-order valence-corrected chi connectivity index (χ1v) is 5.73. The molecule has 3 nitrogen and oxygen atoms in total. The van der Waals surface area contributed by atoms with Gasteiger partial charge in [-0.3, -0.25) is 9.78 Å². The highest BCUT2D eigenvalue weighted by Gasteiger charge is 2.24. The van der Waals surface area contributed by atoms with Crippen LogP contribution in [0.2, 0.25) is 0 Å². The average molecular weight is 219 g/mol. The minimum absolute atomic E-state index is 0.00246. The number of nitrogens with zero attached hydrogens (tertiary/aromatic N) is 1. The SMILES string of the molecule is Cc1cnc(C(=O)C2CCCOC2)c(C)c1. The quantitative estimate of drug-likeness (QED) is 0.716. The maximum atomic E-state index is 12.2. The molecule has 1 atom stereocenters. The van der Waals surface area contributed by atoms with Gasteiger partial charge < -0.3 is 4.74 Å². The van der Waals surface area contributed by atoms with E-state index in [4.69, 9.17) is 4.74 Å². The molecule has 86 valence electrons. The third-order valence-corrected chi connectivity index (χ3v) is 2.98. The van der Waals surface area contributed by atoms with Crippen molar-refractivity contribution < 1.29 is 9.53 Å². The topological polar surface area (TPSA) is 39.2 Å². The number of ketones is 1. The monoisotopic (exact) mass is 219 g/mol. The van der Waals surface area contributed by atoms with Crippen LogP contribution in [-0.2, 0) is 4.74 Å². The summed E-state index contributed by atoms with van der Waals surface area (Å²) in [5.41, 5.74) is 2.67. The molecule has 2 rings (SSSR count). The predicted octanol–water partition coefficient (Wildman–Crippen LogP) is 2.31. The van der Waals surface area contributed by atoms with Crippen LogP contribution >= 0.6 is 0 Å². The molecule has 1 aromatic rings. The molecule has 0 radical (unpaired) electrons. The molecule has 1 aliphatic rings. The van der Waals surface area contributed by atoms with Gasteiger partial charge in [0, 0.05) is 18.7 Å². The molecule has 3 heteroatoms. The maximum Gasteiger partial charge on any atom is 0.186 e. The fraction of sp³-hybridized carbons (Fsp3) is 0.538. The molecule has 1 saturated heterocycles. The highest BCUT2D eigenvalue weighted by molar-refractivity contribution is 5.97. The first-order valence-electron chi connectivity index (χ1n) is 5.73. The summed E-state index contributed by atoms with van der Waals surface area (Å²) in [5.74, 6) is 0.139. The Bertz CT molecular complexity index is 395. The summed E-state index contributed by atoms with van der Waals surface area (Å²) in [6.45, 7) is 5.26. The van der Waals surface area contributed by atoms with Crippen molar-refractivity contribution in [3.05, 3.63) is 29.1 Å². The fourth-order valence-corrected chi connectivity index (χ4v) is 2.11. The number of hydrogen-bond acceptors (Lipinski definition) is 3. The van der Waals surface area contributed by atoms with Crippen molar-refractivity contribution in [2.45, 2.75) is 26.7 Å². The van der Waals surface area contributed by atoms with Gasteiger partial charge in [-0.05, 0) is 37.8 Å². The second kappa shape index (κ2) is 4.74. The minimum atomic E-state index is 0.00246. The van der Waals surface area contributed by atoms with Crippen LogP contribution in [0.3, 0.4) is 0 Å². The number of carbonyl (C=O) groups is 1. The third-order valence-electron chi connectivity index (χ3n) is 2.98. The van der Waals surface area contributed by atoms with E-state index in [1.807, 2.05) is 19.9 Å². The van der Waals surface area contributed by atoms with Gasteiger partial charge in [-0.25, -0.2) is 0 Å². The van der Waals surface area contributed by atoms with Crippen LogP contribution in [0.4, 0.5) is 0 Å². The van der Waals surface area contributed by atoms with Gasteiger partial charge in [0.1, 0.15) is 5.69 Å². The lowest BCUT2D eigenvalue weighted by molar-refractivity contribution is 0.0457. The molecule has 0 amide bonds. The van der Waals surface area contributed by atoms with Gasteiger partial charge in [0.15, 0.2) is 5.78 Å². The largest absolute Gasteiger partial charge is 0.381 e. The van der Waals surface area contributed by atoms with Gasteiger partial charge in [0.25, 0.3) is 0 Å². The van der Waals surface area contributed by atoms with E-state index in [1.54, 1.807) is 6.20 Å². The molecule has 1 fully saturated rings. The van der Waals surface area contributed by atoms with Crippen LogP contribution in [0.15, 0.2) is 12.3 Å². The lowest BCUT2D eigenvalue weighted by atomic mass is 9.93. The zero-order chi connectivity index (χ0) is 11.5. The Labute approximate surface area is 95.8 Å². The number of Topliss-reactive ketones (excluding diaryl/α,β-unsaturated/α-hetero) is 1. The summed E-state index contributed by atoms with van der Waals surface area (Å²) in [5, 5.41) is 0. The van der Waals surface area contributed by atoms with Gasteiger partial charge in [0.05, 0.1) is 6.61 Å². The van der Waals surface area contributed by atoms with E-state index in [2.05, 4.69) is 4.98 Å². The highest BCUT2D eigenvalue weighted by Crippen LogP contribution is 2.20. The molecule has 1 aromatic heterocycles. The Kier molecular flexibility index (Phi) is 3.34. The van der Waals surface area contributed by atoms with E-state index in [0.29, 0.717) is 12.3 Å². The zero-order valence-electron chi connectivity index (χ0n) is 9.82. The van der Waals surface area contributed by atoms with E-state index in [9.17, 15) is 4.79 Å². The molecule has 16 heavy (non-hydrogen) atoms. The van der Waals surface area contributed by atoms with Crippen molar-refractivity contribution in [1.29, 1.82) is 0 Å². The number of rotatable bonds is 2. The third kappa shape index (κ3) is 2.30. The average Bonchev–Trinajstić information content (AvgIpc) is 2.29. The van der Waals surface area contributed by atoms with Crippen molar-refractivity contribution in [2.24, 2.45) is 5.92 Å². The summed E-state index contributed by atoms with van der Waals surface area (Å²) in [7, 11) is 0. The van der Waals surface area contributed by atoms with Gasteiger partial charge in [-0.2, -0.15) is 0 Å². The van der Waals surface area contributed by atoms with Crippen molar-refractivity contribution in [1.82, 2.24) is 4.98 Å². The lowest BCUT2D eigenvalue weighted by Crippen LogP contribution is -2.26. The predicted molar refractivity (Wildman–Crippen MR) is 61.6 cm³/mol. The van der Waals surface area contributed by atoms with Crippen LogP contribution in [0.25, 0.3) is 0 Å². The summed E-state index contributed by atoms with van der Waals surface area (Å²) in [4.78, 5) is 16.4. The molecule has 0 aromatic carbocycles. The first kappa shape index (κ1) is 11.3. The second-order valence-corrected chi connectivity index (χ2v) is 4.46. The summed E-state index contributed by atoms with van der Waals surface area (Å²) >= 11 is 0. The number of carbonyl (C=O) groups excluding carboxylic acids is 1. The Morgan fingerprint density at radius 1 is 1.50 bits per heavy atom. The van der Waals surface area contributed by atoms with E-state index >= 15 is 0 Å². The smallest absolute Gasteiger partial charge is 0.186 e. The van der Waals surface area contributed by atoms with E-state index in [0.717, 1.165) is 30.6 Å². The minimum Gasteiger partial charge on any atom is -0.381 e. The fourth-order valence-electron chi connectivity index (χ4n) is 2.11. The van der Waals surface area contributed by atoms with Crippen LogP contribution in [-0.4, -0.2) is 24.0 Å². The normalized spacial score (nSPS) is 20.8.